The van der Waals surface area contributed by atoms with Crippen LogP contribution < -0.4 is 4.90 Å². The maximum absolute atomic E-state index is 13.0. The van der Waals surface area contributed by atoms with Gasteiger partial charge in [0.15, 0.2) is 17.0 Å². The number of fused-ring (bicyclic) bond motifs is 1. The minimum atomic E-state index is 0.143. The second kappa shape index (κ2) is 9.58. The summed E-state index contributed by atoms with van der Waals surface area (Å²) in [5, 5.41) is 8.68. The fourth-order valence-corrected chi connectivity index (χ4v) is 4.61. The molecule has 0 N–H and O–H groups in total. The van der Waals surface area contributed by atoms with Gasteiger partial charge in [0.2, 0.25) is 5.91 Å². The van der Waals surface area contributed by atoms with E-state index in [-0.39, 0.29) is 5.91 Å². The van der Waals surface area contributed by atoms with Crippen molar-refractivity contribution in [2.45, 2.75) is 6.42 Å². The predicted molar refractivity (Wildman–Crippen MR) is 139 cm³/mol. The smallest absolute Gasteiger partial charge is 0.227 e. The molecule has 0 spiro atoms. The van der Waals surface area contributed by atoms with E-state index in [1.807, 2.05) is 65.6 Å². The van der Waals surface area contributed by atoms with Gasteiger partial charge < -0.3 is 9.80 Å². The lowest BCUT2D eigenvalue weighted by molar-refractivity contribution is -0.130. The third-order valence-electron chi connectivity index (χ3n) is 6.57. The van der Waals surface area contributed by atoms with Crippen LogP contribution in [0.2, 0.25) is 0 Å². The van der Waals surface area contributed by atoms with E-state index in [2.05, 4.69) is 49.4 Å². The lowest BCUT2D eigenvalue weighted by Crippen LogP contribution is -2.49. The summed E-state index contributed by atoms with van der Waals surface area (Å²) in [7, 11) is 0. The van der Waals surface area contributed by atoms with Gasteiger partial charge in [-0.2, -0.15) is 4.68 Å². The molecule has 1 aliphatic heterocycles. The Labute approximate surface area is 208 Å². The molecule has 1 amide bonds. The van der Waals surface area contributed by atoms with Gasteiger partial charge in [-0.25, -0.2) is 9.97 Å². The Hall–Kier alpha value is -4.59. The average Bonchev–Trinajstić information content (AvgIpc) is 3.39. The first-order valence-corrected chi connectivity index (χ1v) is 12.1. The maximum atomic E-state index is 13.0. The Kier molecular flexibility index (Phi) is 5.83. The molecule has 0 unspecified atom stereocenters. The summed E-state index contributed by atoms with van der Waals surface area (Å²) in [4.78, 5) is 26.0. The van der Waals surface area contributed by atoms with Crippen molar-refractivity contribution in [3.63, 3.8) is 0 Å². The quantitative estimate of drug-likeness (QED) is 0.385. The normalized spacial score (nSPS) is 13.8. The van der Waals surface area contributed by atoms with E-state index in [1.54, 1.807) is 11.0 Å². The molecule has 5 aromatic rings. The Balaban J connectivity index is 1.11. The lowest BCUT2D eigenvalue weighted by Gasteiger charge is -2.35. The van der Waals surface area contributed by atoms with Crippen molar-refractivity contribution < 1.29 is 4.79 Å². The molecular formula is C28H25N7O. The molecule has 0 radical (unpaired) electrons. The predicted octanol–water partition coefficient (Wildman–Crippen LogP) is 3.77. The summed E-state index contributed by atoms with van der Waals surface area (Å²) in [5.74, 6) is 0.899. The highest BCUT2D eigenvalue weighted by atomic mass is 16.2. The van der Waals surface area contributed by atoms with Gasteiger partial charge in [0.25, 0.3) is 0 Å². The number of aromatic nitrogens is 5. The molecule has 8 nitrogen and oxygen atoms in total. The third-order valence-corrected chi connectivity index (χ3v) is 6.57. The van der Waals surface area contributed by atoms with Gasteiger partial charge in [-0.05, 0) is 28.8 Å². The Bertz CT molecular complexity index is 1480. The zero-order valence-corrected chi connectivity index (χ0v) is 19.7. The largest absolute Gasteiger partial charge is 0.351 e. The molecule has 6 rings (SSSR count). The van der Waals surface area contributed by atoms with Crippen molar-refractivity contribution >= 4 is 22.9 Å². The average molecular weight is 476 g/mol. The summed E-state index contributed by atoms with van der Waals surface area (Å²) in [5.41, 5.74) is 5.59. The van der Waals surface area contributed by atoms with Crippen LogP contribution in [0.25, 0.3) is 28.0 Å². The number of benzene rings is 3. The molecule has 1 saturated heterocycles. The fourth-order valence-electron chi connectivity index (χ4n) is 4.61. The van der Waals surface area contributed by atoms with Crippen molar-refractivity contribution in [1.29, 1.82) is 0 Å². The van der Waals surface area contributed by atoms with Gasteiger partial charge in [-0.1, -0.05) is 78.0 Å². The van der Waals surface area contributed by atoms with Crippen LogP contribution in [0.1, 0.15) is 5.56 Å². The molecule has 178 valence electrons. The maximum Gasteiger partial charge on any atom is 0.227 e. The van der Waals surface area contributed by atoms with Gasteiger partial charge >= 0.3 is 0 Å². The molecule has 3 heterocycles. The first-order chi connectivity index (χ1) is 17.8. The SMILES string of the molecule is O=C(Cc1ccc(-c2ccccc2)cc1)N1CCN(c2ncnc3c2nnn3-c2ccccc2)CC1. The highest BCUT2D eigenvalue weighted by Gasteiger charge is 2.25. The van der Waals surface area contributed by atoms with Crippen LogP contribution in [0.5, 0.6) is 0 Å². The zero-order chi connectivity index (χ0) is 24.3. The third kappa shape index (κ3) is 4.29. The fraction of sp³-hybridized carbons (Fsp3) is 0.179. The monoisotopic (exact) mass is 475 g/mol. The van der Waals surface area contributed by atoms with Crippen LogP contribution >= 0.6 is 0 Å². The first-order valence-electron chi connectivity index (χ1n) is 12.1. The van der Waals surface area contributed by atoms with Crippen molar-refractivity contribution in [2.24, 2.45) is 0 Å². The molecule has 1 fully saturated rings. The van der Waals surface area contributed by atoms with E-state index >= 15 is 0 Å². The summed E-state index contributed by atoms with van der Waals surface area (Å²) < 4.78 is 1.73. The lowest BCUT2D eigenvalue weighted by atomic mass is 10.0. The number of anilines is 1. The van der Waals surface area contributed by atoms with Gasteiger partial charge in [-0.15, -0.1) is 5.10 Å². The van der Waals surface area contributed by atoms with Crippen LogP contribution in [0.4, 0.5) is 5.82 Å². The standard InChI is InChI=1S/C28H25N7O/c36-25(19-21-11-13-23(14-12-21)22-7-3-1-4-8-22)33-15-17-34(18-16-33)27-26-28(30-20-29-27)35(32-31-26)24-9-5-2-6-10-24/h1-14,20H,15-19H2. The van der Waals surface area contributed by atoms with Crippen LogP contribution in [-0.2, 0) is 11.2 Å². The molecule has 8 heteroatoms. The Morgan fingerprint density at radius 3 is 2.14 bits per heavy atom. The summed E-state index contributed by atoms with van der Waals surface area (Å²) in [6.45, 7) is 2.64. The van der Waals surface area contributed by atoms with E-state index in [0.29, 0.717) is 43.8 Å². The van der Waals surface area contributed by atoms with E-state index in [1.165, 1.54) is 5.56 Å². The van der Waals surface area contributed by atoms with Crippen molar-refractivity contribution in [2.75, 3.05) is 31.1 Å². The Morgan fingerprint density at radius 2 is 1.42 bits per heavy atom. The number of hydrogen-bond acceptors (Lipinski definition) is 6. The number of hydrogen-bond donors (Lipinski definition) is 0. The minimum Gasteiger partial charge on any atom is -0.351 e. The van der Waals surface area contributed by atoms with Crippen LogP contribution in [0, 0.1) is 0 Å². The van der Waals surface area contributed by atoms with Gasteiger partial charge in [0.1, 0.15) is 6.33 Å². The molecule has 36 heavy (non-hydrogen) atoms. The first kappa shape index (κ1) is 21.9. The number of carbonyl (C=O) groups excluding carboxylic acids is 1. The van der Waals surface area contributed by atoms with Gasteiger partial charge in [0, 0.05) is 26.2 Å². The van der Waals surface area contributed by atoms with Crippen LogP contribution in [-0.4, -0.2) is 61.9 Å². The Morgan fingerprint density at radius 1 is 0.750 bits per heavy atom. The number of nitrogens with zero attached hydrogens (tertiary/aromatic N) is 7. The van der Waals surface area contributed by atoms with Crippen molar-refractivity contribution in [1.82, 2.24) is 29.9 Å². The van der Waals surface area contributed by atoms with Crippen LogP contribution in [0.3, 0.4) is 0 Å². The molecule has 0 atom stereocenters. The molecule has 0 aliphatic carbocycles. The highest BCUT2D eigenvalue weighted by molar-refractivity contribution is 5.84. The number of rotatable bonds is 5. The topological polar surface area (TPSA) is 80.0 Å². The second-order valence-electron chi connectivity index (χ2n) is 8.81. The van der Waals surface area contributed by atoms with Crippen molar-refractivity contribution in [3.05, 3.63) is 96.8 Å². The van der Waals surface area contributed by atoms with E-state index < -0.39 is 0 Å². The second-order valence-corrected chi connectivity index (χ2v) is 8.81. The minimum absolute atomic E-state index is 0.143. The van der Waals surface area contributed by atoms with E-state index in [9.17, 15) is 4.79 Å². The van der Waals surface area contributed by atoms with Crippen LogP contribution in [0.15, 0.2) is 91.3 Å². The van der Waals surface area contributed by atoms with Gasteiger partial charge in [-0.3, -0.25) is 4.79 Å². The molecule has 1 aliphatic rings. The zero-order valence-electron chi connectivity index (χ0n) is 19.7. The molecule has 3 aromatic carbocycles. The van der Waals surface area contributed by atoms with Gasteiger partial charge in [0.05, 0.1) is 12.1 Å². The number of piperazine rings is 1. The highest BCUT2D eigenvalue weighted by Crippen LogP contribution is 2.24. The summed E-state index contributed by atoms with van der Waals surface area (Å²) >= 11 is 0. The molecule has 0 saturated carbocycles. The number of amides is 1. The van der Waals surface area contributed by atoms with E-state index in [4.69, 9.17) is 0 Å². The molecular weight excluding hydrogens is 450 g/mol. The van der Waals surface area contributed by atoms with Crippen molar-refractivity contribution in [3.8, 4) is 16.8 Å². The van der Waals surface area contributed by atoms with E-state index in [0.717, 1.165) is 22.6 Å². The number of para-hydroxylation sites is 1. The molecule has 0 bridgehead atoms. The molecule has 2 aromatic heterocycles. The summed E-state index contributed by atoms with van der Waals surface area (Å²) in [6.07, 6.45) is 1.95. The number of carbonyl (C=O) groups is 1. The summed E-state index contributed by atoms with van der Waals surface area (Å²) in [6, 6.07) is 28.3.